The molecule has 0 fully saturated rings. The van der Waals surface area contributed by atoms with Gasteiger partial charge in [0.1, 0.15) is 17.0 Å². The molecular weight excluding hydrogens is 359 g/mol. The Kier molecular flexibility index (Phi) is 5.03. The predicted molar refractivity (Wildman–Crippen MR) is 91.8 cm³/mol. The smallest absolute Gasteiger partial charge is 0.479 e. The van der Waals surface area contributed by atoms with Crippen molar-refractivity contribution in [2.24, 2.45) is 0 Å². The van der Waals surface area contributed by atoms with Gasteiger partial charge in [0.25, 0.3) is 0 Å². The summed E-state index contributed by atoms with van der Waals surface area (Å²) in [6, 6.07) is 10.8. The Bertz CT molecular complexity index is 985. The molecule has 8 heteroatoms. The summed E-state index contributed by atoms with van der Waals surface area (Å²) >= 11 is 0. The fourth-order valence-corrected chi connectivity index (χ4v) is 2.37. The zero-order valence-corrected chi connectivity index (χ0v) is 14.4. The van der Waals surface area contributed by atoms with Gasteiger partial charge in [-0.3, -0.25) is 0 Å². The maximum Gasteiger partial charge on any atom is 0.573 e. The van der Waals surface area contributed by atoms with E-state index in [0.29, 0.717) is 28.5 Å². The van der Waals surface area contributed by atoms with E-state index < -0.39 is 6.36 Å². The van der Waals surface area contributed by atoms with Crippen molar-refractivity contribution in [1.29, 1.82) is 0 Å². The molecule has 0 radical (unpaired) electrons. The number of hydrogen-bond donors (Lipinski definition) is 0. The van der Waals surface area contributed by atoms with Crippen LogP contribution in [0.4, 0.5) is 13.2 Å². The predicted octanol–water partition coefficient (Wildman–Crippen LogP) is 3.88. The zero-order chi connectivity index (χ0) is 19.4. The van der Waals surface area contributed by atoms with E-state index in [1.54, 1.807) is 29.9 Å². The van der Waals surface area contributed by atoms with Crippen LogP contribution in [-0.2, 0) is 0 Å². The fraction of sp³-hybridized carbons (Fsp3) is 0.158. The van der Waals surface area contributed by atoms with Gasteiger partial charge in [0.15, 0.2) is 0 Å². The first-order chi connectivity index (χ1) is 12.9. The van der Waals surface area contributed by atoms with Crippen LogP contribution in [0.2, 0.25) is 0 Å². The first-order valence-electron chi connectivity index (χ1n) is 7.80. The molecule has 138 valence electrons. The van der Waals surface area contributed by atoms with E-state index in [9.17, 15) is 13.2 Å². The SMILES string of the molecule is COc1nn(-c2ccc(OC(F)(F)F)cc2)c(C)c1C#Cc1ccccn1. The molecule has 0 N–H and O–H groups in total. The Hall–Kier alpha value is -3.47. The lowest BCUT2D eigenvalue weighted by Crippen LogP contribution is -2.17. The Morgan fingerprint density at radius 3 is 2.37 bits per heavy atom. The van der Waals surface area contributed by atoms with Gasteiger partial charge >= 0.3 is 6.36 Å². The first kappa shape index (κ1) is 18.3. The van der Waals surface area contributed by atoms with Gasteiger partial charge in [-0.05, 0) is 49.2 Å². The number of halogens is 3. The van der Waals surface area contributed by atoms with Crippen molar-refractivity contribution in [2.75, 3.05) is 7.11 Å². The molecule has 0 aliphatic heterocycles. The lowest BCUT2D eigenvalue weighted by molar-refractivity contribution is -0.274. The molecule has 2 heterocycles. The molecule has 0 spiro atoms. The zero-order valence-electron chi connectivity index (χ0n) is 14.4. The Balaban J connectivity index is 1.94. The molecule has 0 atom stereocenters. The second kappa shape index (κ2) is 7.41. The number of methoxy groups -OCH3 is 1. The maximum atomic E-state index is 12.3. The molecule has 3 aromatic rings. The molecule has 0 saturated heterocycles. The summed E-state index contributed by atoms with van der Waals surface area (Å²) in [4.78, 5) is 4.14. The lowest BCUT2D eigenvalue weighted by atomic mass is 10.2. The molecule has 0 aliphatic carbocycles. The largest absolute Gasteiger partial charge is 0.573 e. The van der Waals surface area contributed by atoms with Gasteiger partial charge in [-0.1, -0.05) is 12.0 Å². The average molecular weight is 373 g/mol. The van der Waals surface area contributed by atoms with E-state index in [4.69, 9.17) is 4.74 Å². The minimum atomic E-state index is -4.74. The van der Waals surface area contributed by atoms with E-state index in [2.05, 4.69) is 26.7 Å². The number of nitrogens with zero attached hydrogens (tertiary/aromatic N) is 3. The number of ether oxygens (including phenoxy) is 2. The molecule has 0 aliphatic rings. The van der Waals surface area contributed by atoms with E-state index in [-0.39, 0.29) is 5.75 Å². The molecule has 0 amide bonds. The van der Waals surface area contributed by atoms with Crippen LogP contribution in [0.1, 0.15) is 17.0 Å². The Morgan fingerprint density at radius 2 is 1.78 bits per heavy atom. The van der Waals surface area contributed by atoms with Crippen LogP contribution in [0.5, 0.6) is 11.6 Å². The number of pyridine rings is 1. The van der Waals surface area contributed by atoms with Crippen LogP contribution in [0.15, 0.2) is 48.7 Å². The van der Waals surface area contributed by atoms with Crippen molar-refractivity contribution in [1.82, 2.24) is 14.8 Å². The van der Waals surface area contributed by atoms with Gasteiger partial charge in [-0.25, -0.2) is 9.67 Å². The molecule has 1 aromatic carbocycles. The highest BCUT2D eigenvalue weighted by atomic mass is 19.4. The van der Waals surface area contributed by atoms with E-state index in [1.165, 1.54) is 31.4 Å². The van der Waals surface area contributed by atoms with Crippen molar-refractivity contribution >= 4 is 0 Å². The summed E-state index contributed by atoms with van der Waals surface area (Å²) in [6.07, 6.45) is -3.09. The highest BCUT2D eigenvalue weighted by Crippen LogP contribution is 2.26. The van der Waals surface area contributed by atoms with E-state index in [1.807, 2.05) is 6.07 Å². The van der Waals surface area contributed by atoms with Crippen LogP contribution in [-0.4, -0.2) is 28.2 Å². The average Bonchev–Trinajstić information content (AvgIpc) is 2.96. The molecule has 3 rings (SSSR count). The highest BCUT2D eigenvalue weighted by molar-refractivity contribution is 5.51. The van der Waals surface area contributed by atoms with Crippen LogP contribution < -0.4 is 9.47 Å². The van der Waals surface area contributed by atoms with Crippen LogP contribution in [0, 0.1) is 18.8 Å². The van der Waals surface area contributed by atoms with Crippen molar-refractivity contribution in [3.63, 3.8) is 0 Å². The summed E-state index contributed by atoms with van der Waals surface area (Å²) < 4.78 is 47.5. The van der Waals surface area contributed by atoms with Gasteiger partial charge in [0.05, 0.1) is 18.5 Å². The quantitative estimate of drug-likeness (QED) is 0.654. The van der Waals surface area contributed by atoms with E-state index in [0.717, 1.165) is 0 Å². The topological polar surface area (TPSA) is 49.2 Å². The van der Waals surface area contributed by atoms with Crippen molar-refractivity contribution in [3.8, 4) is 29.2 Å². The lowest BCUT2D eigenvalue weighted by Gasteiger charge is -2.09. The third-order valence-electron chi connectivity index (χ3n) is 3.57. The third kappa shape index (κ3) is 4.39. The summed E-state index contributed by atoms with van der Waals surface area (Å²) in [6.45, 7) is 1.79. The summed E-state index contributed by atoms with van der Waals surface area (Å²) in [5.41, 5.74) is 2.39. The van der Waals surface area contributed by atoms with Gasteiger partial charge < -0.3 is 9.47 Å². The Labute approximate surface area is 153 Å². The number of rotatable bonds is 3. The third-order valence-corrected chi connectivity index (χ3v) is 3.57. The number of hydrogen-bond acceptors (Lipinski definition) is 4. The number of alkyl halides is 3. The normalized spacial score (nSPS) is 10.9. The second-order valence-corrected chi connectivity index (χ2v) is 5.39. The van der Waals surface area contributed by atoms with Gasteiger partial charge in [0, 0.05) is 6.20 Å². The van der Waals surface area contributed by atoms with Crippen LogP contribution in [0.3, 0.4) is 0 Å². The molecule has 0 bridgehead atoms. The Morgan fingerprint density at radius 1 is 1.04 bits per heavy atom. The molecule has 0 unspecified atom stereocenters. The van der Waals surface area contributed by atoms with Crippen molar-refractivity contribution in [2.45, 2.75) is 13.3 Å². The summed E-state index contributed by atoms with van der Waals surface area (Å²) in [5, 5.41) is 4.32. The number of benzene rings is 1. The minimum Gasteiger partial charge on any atom is -0.479 e. The van der Waals surface area contributed by atoms with Crippen LogP contribution >= 0.6 is 0 Å². The maximum absolute atomic E-state index is 12.3. The molecule has 5 nitrogen and oxygen atoms in total. The minimum absolute atomic E-state index is 0.307. The van der Waals surface area contributed by atoms with Gasteiger partial charge in [0.2, 0.25) is 5.88 Å². The summed E-state index contributed by atoms with van der Waals surface area (Å²) in [7, 11) is 1.47. The molecular formula is C19H14F3N3O2. The second-order valence-electron chi connectivity index (χ2n) is 5.39. The highest BCUT2D eigenvalue weighted by Gasteiger charge is 2.31. The molecule has 0 saturated carbocycles. The molecule has 2 aromatic heterocycles. The first-order valence-corrected chi connectivity index (χ1v) is 7.80. The monoisotopic (exact) mass is 373 g/mol. The van der Waals surface area contributed by atoms with Crippen molar-refractivity contribution < 1.29 is 22.6 Å². The number of aromatic nitrogens is 3. The molecule has 27 heavy (non-hydrogen) atoms. The van der Waals surface area contributed by atoms with Gasteiger partial charge in [-0.15, -0.1) is 18.3 Å². The fourth-order valence-electron chi connectivity index (χ4n) is 2.37. The van der Waals surface area contributed by atoms with Crippen LogP contribution in [0.25, 0.3) is 5.69 Å². The van der Waals surface area contributed by atoms with E-state index >= 15 is 0 Å². The summed E-state index contributed by atoms with van der Waals surface area (Å²) in [5.74, 6) is 5.93. The van der Waals surface area contributed by atoms with Crippen molar-refractivity contribution in [3.05, 3.63) is 65.6 Å². The van der Waals surface area contributed by atoms with Gasteiger partial charge in [-0.2, -0.15) is 0 Å². The standard InChI is InChI=1S/C19H14F3N3O2/c1-13-17(11-6-14-5-3-4-12-23-14)18(26-2)24-25(13)15-7-9-16(10-8-15)27-19(20,21)22/h3-5,7-10,12H,1-2H3.